The second-order valence-corrected chi connectivity index (χ2v) is 8.75. The number of carbonyl (C=O) groups excluding carboxylic acids is 2. The standard InChI is InChI=1S/C27H33N3O3/c1-20(31)30-17-14-21-10-4-5-11-22(21)24(30)18-27(32)28-19-25(29-15-8-3-9-16-29)23-12-6-7-13-26(23)33-2/h4-7,10-14,17,24-25H,3,8-9,15-16,18-19H2,1-2H3,(H,28,32). The Kier molecular flexibility index (Phi) is 7.45. The number of methoxy groups -OCH3 is 1. The summed E-state index contributed by atoms with van der Waals surface area (Å²) in [5, 5.41) is 3.17. The summed E-state index contributed by atoms with van der Waals surface area (Å²) in [7, 11) is 1.69. The first-order valence-corrected chi connectivity index (χ1v) is 11.8. The Labute approximate surface area is 196 Å². The molecule has 0 bridgehead atoms. The Morgan fingerprint density at radius 3 is 2.55 bits per heavy atom. The summed E-state index contributed by atoms with van der Waals surface area (Å²) in [5.41, 5.74) is 3.15. The lowest BCUT2D eigenvalue weighted by Gasteiger charge is -2.36. The van der Waals surface area contributed by atoms with Gasteiger partial charge in [0.05, 0.1) is 25.6 Å². The van der Waals surface area contributed by atoms with E-state index in [0.717, 1.165) is 35.5 Å². The van der Waals surface area contributed by atoms with Crippen LogP contribution in [0.3, 0.4) is 0 Å². The monoisotopic (exact) mass is 447 g/mol. The number of hydrogen-bond acceptors (Lipinski definition) is 4. The molecule has 0 aliphatic carbocycles. The van der Waals surface area contributed by atoms with Crippen molar-refractivity contribution in [1.82, 2.24) is 15.1 Å². The van der Waals surface area contributed by atoms with Crippen molar-refractivity contribution in [3.8, 4) is 5.75 Å². The van der Waals surface area contributed by atoms with Crippen molar-refractivity contribution in [2.24, 2.45) is 0 Å². The fourth-order valence-electron chi connectivity index (χ4n) is 4.98. The second-order valence-electron chi connectivity index (χ2n) is 8.75. The van der Waals surface area contributed by atoms with Gasteiger partial charge in [0.15, 0.2) is 0 Å². The number of ether oxygens (including phenoxy) is 1. The number of likely N-dealkylation sites (tertiary alicyclic amines) is 1. The number of rotatable bonds is 7. The van der Waals surface area contributed by atoms with Gasteiger partial charge in [-0.3, -0.25) is 14.5 Å². The highest BCUT2D eigenvalue weighted by molar-refractivity contribution is 5.81. The molecule has 1 saturated heterocycles. The molecule has 0 spiro atoms. The van der Waals surface area contributed by atoms with Crippen molar-refractivity contribution >= 4 is 17.9 Å². The average molecular weight is 448 g/mol. The van der Waals surface area contributed by atoms with Crippen LogP contribution in [0.1, 0.15) is 61.4 Å². The predicted octanol–water partition coefficient (Wildman–Crippen LogP) is 4.30. The van der Waals surface area contributed by atoms with E-state index in [1.807, 2.05) is 48.5 Å². The lowest BCUT2D eigenvalue weighted by molar-refractivity contribution is -0.130. The van der Waals surface area contributed by atoms with Crippen molar-refractivity contribution < 1.29 is 14.3 Å². The van der Waals surface area contributed by atoms with Crippen molar-refractivity contribution in [2.75, 3.05) is 26.7 Å². The minimum atomic E-state index is -0.302. The van der Waals surface area contributed by atoms with Crippen molar-refractivity contribution in [3.05, 3.63) is 71.4 Å². The summed E-state index contributed by atoms with van der Waals surface area (Å²) < 4.78 is 5.63. The molecule has 6 heteroatoms. The first-order chi connectivity index (χ1) is 16.1. The molecule has 2 atom stereocenters. The molecule has 2 amide bonds. The number of hydrogen-bond donors (Lipinski definition) is 1. The molecule has 0 saturated carbocycles. The van der Waals surface area contributed by atoms with Gasteiger partial charge in [-0.1, -0.05) is 48.9 Å². The summed E-state index contributed by atoms with van der Waals surface area (Å²) >= 11 is 0. The van der Waals surface area contributed by atoms with Crippen LogP contribution in [0.2, 0.25) is 0 Å². The number of fused-ring (bicyclic) bond motifs is 1. The van der Waals surface area contributed by atoms with Crippen LogP contribution in [0.4, 0.5) is 0 Å². The van der Waals surface area contributed by atoms with E-state index in [1.54, 1.807) is 18.2 Å². The van der Waals surface area contributed by atoms with E-state index in [-0.39, 0.29) is 30.3 Å². The van der Waals surface area contributed by atoms with Gasteiger partial charge >= 0.3 is 0 Å². The maximum Gasteiger partial charge on any atom is 0.223 e. The van der Waals surface area contributed by atoms with Crippen molar-refractivity contribution in [1.29, 1.82) is 0 Å². The van der Waals surface area contributed by atoms with E-state index in [0.29, 0.717) is 6.54 Å². The first kappa shape index (κ1) is 23.1. The third-order valence-corrected chi connectivity index (χ3v) is 6.67. The van der Waals surface area contributed by atoms with Crippen LogP contribution >= 0.6 is 0 Å². The molecular weight excluding hydrogens is 414 g/mol. The molecule has 2 unspecified atom stereocenters. The highest BCUT2D eigenvalue weighted by Gasteiger charge is 2.29. The van der Waals surface area contributed by atoms with Gasteiger partial charge in [0.25, 0.3) is 0 Å². The smallest absolute Gasteiger partial charge is 0.223 e. The Bertz CT molecular complexity index is 1010. The lowest BCUT2D eigenvalue weighted by Crippen LogP contribution is -2.42. The van der Waals surface area contributed by atoms with E-state index < -0.39 is 0 Å². The Balaban J connectivity index is 1.50. The molecule has 2 aromatic rings. The van der Waals surface area contributed by atoms with Crippen LogP contribution in [0.15, 0.2) is 54.7 Å². The van der Waals surface area contributed by atoms with Gasteiger partial charge in [-0.25, -0.2) is 0 Å². The molecule has 2 heterocycles. The van der Waals surface area contributed by atoms with E-state index in [4.69, 9.17) is 4.74 Å². The fraction of sp³-hybridized carbons (Fsp3) is 0.407. The molecular formula is C27H33N3O3. The summed E-state index contributed by atoms with van der Waals surface area (Å²) in [4.78, 5) is 29.5. The predicted molar refractivity (Wildman–Crippen MR) is 130 cm³/mol. The Morgan fingerprint density at radius 2 is 1.79 bits per heavy atom. The fourth-order valence-corrected chi connectivity index (χ4v) is 4.98. The van der Waals surface area contributed by atoms with Gasteiger partial charge in [-0.05, 0) is 49.2 Å². The Hall–Kier alpha value is -3.12. The molecule has 0 aromatic heterocycles. The molecule has 2 aliphatic rings. The maximum absolute atomic E-state index is 13.1. The normalized spacial score (nSPS) is 19.0. The molecule has 6 nitrogen and oxygen atoms in total. The summed E-state index contributed by atoms with van der Waals surface area (Å²) in [6, 6.07) is 15.7. The van der Waals surface area contributed by atoms with Crippen molar-refractivity contribution in [2.45, 2.75) is 44.7 Å². The molecule has 2 aliphatic heterocycles. The molecule has 1 N–H and O–H groups in total. The number of nitrogens with one attached hydrogen (secondary N) is 1. The van der Waals surface area contributed by atoms with Gasteiger partial charge < -0.3 is 15.0 Å². The zero-order valence-corrected chi connectivity index (χ0v) is 19.5. The average Bonchev–Trinajstić information content (AvgIpc) is 2.85. The van der Waals surface area contributed by atoms with Crippen LogP contribution in [-0.4, -0.2) is 48.4 Å². The largest absolute Gasteiger partial charge is 0.496 e. The van der Waals surface area contributed by atoms with Crippen LogP contribution in [-0.2, 0) is 9.59 Å². The number of para-hydroxylation sites is 1. The SMILES string of the molecule is COc1ccccc1C(CNC(=O)CC1c2ccccc2C=CN1C(C)=O)N1CCCCC1. The van der Waals surface area contributed by atoms with E-state index in [1.165, 1.54) is 26.2 Å². The zero-order chi connectivity index (χ0) is 23.2. The summed E-state index contributed by atoms with van der Waals surface area (Å²) in [5.74, 6) is 0.712. The minimum Gasteiger partial charge on any atom is -0.496 e. The van der Waals surface area contributed by atoms with Crippen LogP contribution < -0.4 is 10.1 Å². The van der Waals surface area contributed by atoms with Gasteiger partial charge in [0, 0.05) is 25.2 Å². The van der Waals surface area contributed by atoms with Crippen LogP contribution in [0.25, 0.3) is 6.08 Å². The van der Waals surface area contributed by atoms with Gasteiger partial charge in [0.2, 0.25) is 11.8 Å². The molecule has 2 aromatic carbocycles. The highest BCUT2D eigenvalue weighted by atomic mass is 16.5. The van der Waals surface area contributed by atoms with E-state index >= 15 is 0 Å². The number of piperidine rings is 1. The zero-order valence-electron chi connectivity index (χ0n) is 19.5. The summed E-state index contributed by atoms with van der Waals surface area (Å²) in [6.45, 7) is 4.07. The maximum atomic E-state index is 13.1. The number of amides is 2. The molecule has 33 heavy (non-hydrogen) atoms. The van der Waals surface area contributed by atoms with E-state index in [9.17, 15) is 9.59 Å². The van der Waals surface area contributed by atoms with Gasteiger partial charge in [-0.15, -0.1) is 0 Å². The van der Waals surface area contributed by atoms with Gasteiger partial charge in [-0.2, -0.15) is 0 Å². The minimum absolute atomic E-state index is 0.0489. The molecule has 1 fully saturated rings. The Morgan fingerprint density at radius 1 is 1.06 bits per heavy atom. The van der Waals surface area contributed by atoms with Crippen LogP contribution in [0.5, 0.6) is 5.75 Å². The summed E-state index contributed by atoms with van der Waals surface area (Å²) in [6.07, 6.45) is 7.51. The highest BCUT2D eigenvalue weighted by Crippen LogP contribution is 2.34. The van der Waals surface area contributed by atoms with Gasteiger partial charge in [0.1, 0.15) is 5.75 Å². The first-order valence-electron chi connectivity index (χ1n) is 11.8. The molecule has 0 radical (unpaired) electrons. The topological polar surface area (TPSA) is 61.9 Å². The third-order valence-electron chi connectivity index (χ3n) is 6.67. The third kappa shape index (κ3) is 5.28. The number of nitrogens with zero attached hydrogens (tertiary/aromatic N) is 2. The number of benzene rings is 2. The number of carbonyl (C=O) groups is 2. The lowest BCUT2D eigenvalue weighted by atomic mass is 9.93. The molecule has 174 valence electrons. The second kappa shape index (κ2) is 10.7. The van der Waals surface area contributed by atoms with Crippen LogP contribution in [0, 0.1) is 0 Å². The van der Waals surface area contributed by atoms with Crippen molar-refractivity contribution in [3.63, 3.8) is 0 Å². The molecule has 4 rings (SSSR count). The quantitative estimate of drug-likeness (QED) is 0.687. The van der Waals surface area contributed by atoms with E-state index in [2.05, 4.69) is 16.3 Å².